The molecular weight excluding hydrogens is 304 g/mol. The highest BCUT2D eigenvalue weighted by Gasteiger charge is 2.27. The van der Waals surface area contributed by atoms with Crippen LogP contribution in [0.1, 0.15) is 25.0 Å². The molecule has 3 rings (SSSR count). The van der Waals surface area contributed by atoms with Gasteiger partial charge >= 0.3 is 0 Å². The lowest BCUT2D eigenvalue weighted by atomic mass is 10.1. The van der Waals surface area contributed by atoms with Crippen molar-refractivity contribution in [3.05, 3.63) is 59.7 Å². The van der Waals surface area contributed by atoms with Gasteiger partial charge in [0.15, 0.2) is 11.5 Å². The quantitative estimate of drug-likeness (QED) is 0.695. The van der Waals surface area contributed by atoms with E-state index in [1.165, 1.54) is 5.56 Å². The number of benzene rings is 2. The van der Waals surface area contributed by atoms with Gasteiger partial charge in [0.1, 0.15) is 6.61 Å². The Hall–Kier alpha value is -2.82. The van der Waals surface area contributed by atoms with Gasteiger partial charge in [-0.05, 0) is 36.6 Å². The molecule has 1 amide bonds. The first-order valence-electron chi connectivity index (χ1n) is 7.99. The second kappa shape index (κ2) is 7.17. The topological polar surface area (TPSA) is 59.9 Å². The fourth-order valence-corrected chi connectivity index (χ4v) is 2.41. The number of ether oxygens (including phenoxy) is 2. The van der Waals surface area contributed by atoms with Crippen molar-refractivity contribution in [2.75, 3.05) is 6.61 Å². The minimum atomic E-state index is -0.709. The summed E-state index contributed by atoms with van der Waals surface area (Å²) in [5.74, 6) is 0.894. The number of nitrogens with one attached hydrogen (secondary N) is 1. The summed E-state index contributed by atoms with van der Waals surface area (Å²) in [6.07, 6.45) is 0.284. The van der Waals surface area contributed by atoms with Crippen molar-refractivity contribution in [2.45, 2.75) is 26.4 Å². The van der Waals surface area contributed by atoms with E-state index < -0.39 is 6.10 Å². The molecule has 0 fully saturated rings. The summed E-state index contributed by atoms with van der Waals surface area (Å²) in [5, 5.41) is 4.16. The van der Waals surface area contributed by atoms with Crippen molar-refractivity contribution in [1.29, 1.82) is 0 Å². The Bertz CT molecular complexity index is 753. The molecule has 0 aliphatic carbocycles. The number of rotatable bonds is 4. The molecule has 24 heavy (non-hydrogen) atoms. The molecule has 1 atom stereocenters. The van der Waals surface area contributed by atoms with E-state index in [-0.39, 0.29) is 12.5 Å². The lowest BCUT2D eigenvalue weighted by molar-refractivity contribution is -0.130. The van der Waals surface area contributed by atoms with Gasteiger partial charge in [-0.25, -0.2) is 5.43 Å². The summed E-state index contributed by atoms with van der Waals surface area (Å²) in [7, 11) is 0. The van der Waals surface area contributed by atoms with E-state index in [1.807, 2.05) is 37.3 Å². The van der Waals surface area contributed by atoms with E-state index in [2.05, 4.69) is 29.6 Å². The van der Waals surface area contributed by atoms with Crippen molar-refractivity contribution < 1.29 is 14.3 Å². The molecule has 1 aliphatic rings. The smallest absolute Gasteiger partial charge is 0.284 e. The highest BCUT2D eigenvalue weighted by molar-refractivity contribution is 5.99. The summed E-state index contributed by atoms with van der Waals surface area (Å²) >= 11 is 0. The average molecular weight is 324 g/mol. The largest absolute Gasteiger partial charge is 0.485 e. The van der Waals surface area contributed by atoms with Gasteiger partial charge < -0.3 is 9.47 Å². The molecule has 1 heterocycles. The zero-order valence-corrected chi connectivity index (χ0v) is 13.8. The molecule has 0 aromatic heterocycles. The predicted octanol–water partition coefficient (Wildman–Crippen LogP) is 2.93. The Morgan fingerprint density at radius 3 is 2.58 bits per heavy atom. The van der Waals surface area contributed by atoms with E-state index >= 15 is 0 Å². The molecule has 124 valence electrons. The van der Waals surface area contributed by atoms with Crippen LogP contribution in [-0.2, 0) is 11.2 Å². The van der Waals surface area contributed by atoms with Gasteiger partial charge in [0.25, 0.3) is 5.91 Å². The number of carbonyl (C=O) groups excluding carboxylic acids is 1. The molecule has 0 bridgehead atoms. The minimum absolute atomic E-state index is 0.169. The summed E-state index contributed by atoms with van der Waals surface area (Å²) in [4.78, 5) is 12.2. The maximum absolute atomic E-state index is 12.2. The van der Waals surface area contributed by atoms with Gasteiger partial charge in [0, 0.05) is 0 Å². The Morgan fingerprint density at radius 2 is 1.88 bits per heavy atom. The number of hydrazone groups is 1. The number of carbonyl (C=O) groups is 1. The van der Waals surface area contributed by atoms with E-state index in [0.29, 0.717) is 11.5 Å². The first kappa shape index (κ1) is 16.1. The third-order valence-corrected chi connectivity index (χ3v) is 3.91. The van der Waals surface area contributed by atoms with Gasteiger partial charge in [0.2, 0.25) is 6.10 Å². The van der Waals surface area contributed by atoms with E-state index in [4.69, 9.17) is 9.47 Å². The Kier molecular flexibility index (Phi) is 4.79. The molecule has 5 heteroatoms. The van der Waals surface area contributed by atoms with Crippen molar-refractivity contribution in [1.82, 2.24) is 5.43 Å². The van der Waals surface area contributed by atoms with Crippen LogP contribution < -0.4 is 14.9 Å². The van der Waals surface area contributed by atoms with E-state index in [9.17, 15) is 4.79 Å². The van der Waals surface area contributed by atoms with Crippen molar-refractivity contribution in [3.8, 4) is 11.5 Å². The van der Waals surface area contributed by atoms with Gasteiger partial charge in [-0.15, -0.1) is 0 Å². The first-order chi connectivity index (χ1) is 11.7. The molecule has 1 unspecified atom stereocenters. The molecule has 0 saturated heterocycles. The molecule has 1 aliphatic heterocycles. The van der Waals surface area contributed by atoms with Crippen LogP contribution in [0.25, 0.3) is 0 Å². The number of hydrogen-bond donors (Lipinski definition) is 1. The van der Waals surface area contributed by atoms with Crippen LogP contribution >= 0.6 is 0 Å². The Labute approximate surface area is 141 Å². The fraction of sp³-hybridized carbons (Fsp3) is 0.263. The van der Waals surface area contributed by atoms with Crippen molar-refractivity contribution in [2.24, 2.45) is 5.10 Å². The third-order valence-electron chi connectivity index (χ3n) is 3.91. The number of para-hydroxylation sites is 2. The second-order valence-corrected chi connectivity index (χ2v) is 5.59. The number of fused-ring (bicyclic) bond motifs is 1. The minimum Gasteiger partial charge on any atom is -0.485 e. The van der Waals surface area contributed by atoms with Gasteiger partial charge in [-0.2, -0.15) is 5.10 Å². The maximum Gasteiger partial charge on any atom is 0.284 e. The molecule has 2 aromatic rings. The van der Waals surface area contributed by atoms with Crippen LogP contribution in [-0.4, -0.2) is 24.3 Å². The summed E-state index contributed by atoms with van der Waals surface area (Å²) < 4.78 is 11.2. The van der Waals surface area contributed by atoms with Crippen LogP contribution in [0.4, 0.5) is 0 Å². The van der Waals surface area contributed by atoms with Gasteiger partial charge in [-0.3, -0.25) is 4.79 Å². The van der Waals surface area contributed by atoms with Crippen LogP contribution in [0.15, 0.2) is 53.6 Å². The fourth-order valence-electron chi connectivity index (χ4n) is 2.41. The molecule has 1 N–H and O–H groups in total. The number of aryl methyl sites for hydroxylation is 1. The van der Waals surface area contributed by atoms with Crippen LogP contribution in [0.5, 0.6) is 11.5 Å². The van der Waals surface area contributed by atoms with Crippen LogP contribution in [0.2, 0.25) is 0 Å². The number of hydrogen-bond acceptors (Lipinski definition) is 4. The lowest BCUT2D eigenvalue weighted by Crippen LogP contribution is -2.42. The first-order valence-corrected chi connectivity index (χ1v) is 7.99. The third kappa shape index (κ3) is 3.56. The van der Waals surface area contributed by atoms with Crippen LogP contribution in [0, 0.1) is 0 Å². The van der Waals surface area contributed by atoms with Gasteiger partial charge in [-0.1, -0.05) is 43.3 Å². The van der Waals surface area contributed by atoms with Crippen molar-refractivity contribution >= 4 is 11.6 Å². The molecule has 0 radical (unpaired) electrons. The summed E-state index contributed by atoms with van der Waals surface area (Å²) in [6.45, 7) is 4.14. The van der Waals surface area contributed by atoms with E-state index in [0.717, 1.165) is 17.7 Å². The number of nitrogens with zero attached hydrogens (tertiary/aromatic N) is 1. The van der Waals surface area contributed by atoms with Gasteiger partial charge in [0.05, 0.1) is 5.71 Å². The molecule has 2 aromatic carbocycles. The SMILES string of the molecule is CCc1ccc(/C(C)=N/NC(=O)C2COc3ccccc3O2)cc1. The highest BCUT2D eigenvalue weighted by atomic mass is 16.6. The molecule has 0 spiro atoms. The standard InChI is InChI=1S/C19H20N2O3/c1-3-14-8-10-15(11-9-14)13(2)20-21-19(22)18-12-23-16-6-4-5-7-17(16)24-18/h4-11,18H,3,12H2,1-2H3,(H,21,22)/b20-13+. The van der Waals surface area contributed by atoms with E-state index in [1.54, 1.807) is 6.07 Å². The lowest BCUT2D eigenvalue weighted by Gasteiger charge is -2.24. The van der Waals surface area contributed by atoms with Crippen LogP contribution in [0.3, 0.4) is 0 Å². The monoisotopic (exact) mass is 324 g/mol. The highest BCUT2D eigenvalue weighted by Crippen LogP contribution is 2.30. The summed E-state index contributed by atoms with van der Waals surface area (Å²) in [5.41, 5.74) is 5.53. The molecule has 0 saturated carbocycles. The molecule has 5 nitrogen and oxygen atoms in total. The Balaban J connectivity index is 1.62. The Morgan fingerprint density at radius 1 is 1.17 bits per heavy atom. The predicted molar refractivity (Wildman–Crippen MR) is 92.5 cm³/mol. The summed E-state index contributed by atoms with van der Waals surface area (Å²) in [6, 6.07) is 15.4. The normalized spacial score (nSPS) is 16.6. The van der Waals surface area contributed by atoms with Crippen molar-refractivity contribution in [3.63, 3.8) is 0 Å². The number of amides is 1. The average Bonchev–Trinajstić information content (AvgIpc) is 2.65. The zero-order chi connectivity index (χ0) is 16.9. The zero-order valence-electron chi connectivity index (χ0n) is 13.8. The molecular formula is C19H20N2O3. The maximum atomic E-state index is 12.2. The second-order valence-electron chi connectivity index (χ2n) is 5.59.